The van der Waals surface area contributed by atoms with E-state index in [4.69, 9.17) is 11.6 Å². The van der Waals surface area contributed by atoms with Crippen LogP contribution in [-0.2, 0) is 0 Å². The van der Waals surface area contributed by atoms with Gasteiger partial charge in [-0.25, -0.2) is 4.98 Å². The van der Waals surface area contributed by atoms with Crippen LogP contribution >= 0.6 is 11.6 Å². The summed E-state index contributed by atoms with van der Waals surface area (Å²) < 4.78 is 2.08. The number of hydrogen-bond donors (Lipinski definition) is 1. The first-order valence-electron chi connectivity index (χ1n) is 6.09. The Morgan fingerprint density at radius 3 is 2.94 bits per heavy atom. The number of anilines is 1. The number of nitrogens with one attached hydrogen (secondary N) is 1. The number of hydrogen-bond acceptors (Lipinski definition) is 2. The highest BCUT2D eigenvalue weighted by Gasteiger charge is 2.33. The van der Waals surface area contributed by atoms with Crippen molar-refractivity contribution in [3.8, 4) is 0 Å². The third-order valence-electron chi connectivity index (χ3n) is 3.64. The molecule has 90 valence electrons. The summed E-state index contributed by atoms with van der Waals surface area (Å²) in [6.45, 7) is 0. The molecule has 2 aromatic heterocycles. The number of alkyl halides is 1. The molecule has 1 aliphatic carbocycles. The fourth-order valence-electron chi connectivity index (χ4n) is 2.66. The number of pyridine rings is 1. The largest absolute Gasteiger partial charge is 0.365 e. The lowest BCUT2D eigenvalue weighted by Gasteiger charge is -2.29. The van der Waals surface area contributed by atoms with E-state index in [-0.39, 0.29) is 5.54 Å². The molecule has 1 fully saturated rings. The first-order chi connectivity index (χ1) is 8.33. The molecule has 0 unspecified atom stereocenters. The van der Waals surface area contributed by atoms with Crippen molar-refractivity contribution in [2.24, 2.45) is 0 Å². The second kappa shape index (κ2) is 4.22. The average Bonchev–Trinajstić information content (AvgIpc) is 2.98. The molecule has 0 saturated heterocycles. The Labute approximate surface area is 106 Å². The van der Waals surface area contributed by atoms with Crippen molar-refractivity contribution < 1.29 is 0 Å². The number of halogens is 1. The molecular weight excluding hydrogens is 234 g/mol. The molecule has 1 aliphatic rings. The van der Waals surface area contributed by atoms with E-state index in [2.05, 4.69) is 20.8 Å². The van der Waals surface area contributed by atoms with Crippen molar-refractivity contribution >= 4 is 23.1 Å². The summed E-state index contributed by atoms with van der Waals surface area (Å²) in [6, 6.07) is 6.12. The van der Waals surface area contributed by atoms with Gasteiger partial charge in [0.1, 0.15) is 11.5 Å². The summed E-state index contributed by atoms with van der Waals surface area (Å²) in [5.41, 5.74) is 1.04. The van der Waals surface area contributed by atoms with E-state index in [1.54, 1.807) is 0 Å². The normalized spacial score (nSPS) is 18.6. The molecule has 0 spiro atoms. The predicted octanol–water partition coefficient (Wildman–Crippen LogP) is 3.30. The van der Waals surface area contributed by atoms with E-state index < -0.39 is 0 Å². The molecule has 3 rings (SSSR count). The van der Waals surface area contributed by atoms with Crippen LogP contribution in [0.25, 0.3) is 5.65 Å². The van der Waals surface area contributed by atoms with Crippen LogP contribution in [0, 0.1) is 0 Å². The molecule has 0 atom stereocenters. The third kappa shape index (κ3) is 1.89. The summed E-state index contributed by atoms with van der Waals surface area (Å²) in [4.78, 5) is 4.29. The molecule has 0 bridgehead atoms. The Kier molecular flexibility index (Phi) is 2.71. The lowest BCUT2D eigenvalue weighted by molar-refractivity contribution is 0.536. The van der Waals surface area contributed by atoms with Gasteiger partial charge in [-0.1, -0.05) is 18.9 Å². The molecule has 1 N–H and O–H groups in total. The van der Waals surface area contributed by atoms with E-state index >= 15 is 0 Å². The van der Waals surface area contributed by atoms with Crippen LogP contribution in [-0.4, -0.2) is 20.8 Å². The van der Waals surface area contributed by atoms with Gasteiger partial charge >= 0.3 is 0 Å². The van der Waals surface area contributed by atoms with E-state index in [1.807, 2.05) is 24.5 Å². The number of fused-ring (bicyclic) bond motifs is 1. The Morgan fingerprint density at radius 1 is 1.35 bits per heavy atom. The average molecular weight is 250 g/mol. The molecule has 4 heteroatoms. The second-order valence-electron chi connectivity index (χ2n) is 4.81. The van der Waals surface area contributed by atoms with Gasteiger partial charge in [-0.2, -0.15) is 0 Å². The monoisotopic (exact) mass is 249 g/mol. The maximum atomic E-state index is 6.15. The van der Waals surface area contributed by atoms with Crippen LogP contribution in [0.3, 0.4) is 0 Å². The van der Waals surface area contributed by atoms with Gasteiger partial charge in [0.05, 0.1) is 5.54 Å². The molecule has 2 aromatic rings. The van der Waals surface area contributed by atoms with Crippen LogP contribution in [0.15, 0.2) is 30.6 Å². The minimum Gasteiger partial charge on any atom is -0.365 e. The quantitative estimate of drug-likeness (QED) is 0.846. The number of aromatic nitrogens is 2. The van der Waals surface area contributed by atoms with Crippen molar-refractivity contribution in [2.75, 3.05) is 11.2 Å². The first-order valence-corrected chi connectivity index (χ1v) is 6.63. The van der Waals surface area contributed by atoms with Gasteiger partial charge in [-0.05, 0) is 25.0 Å². The molecule has 0 aromatic carbocycles. The zero-order valence-electron chi connectivity index (χ0n) is 9.69. The molecular formula is C13H16ClN3. The predicted molar refractivity (Wildman–Crippen MR) is 70.7 cm³/mol. The molecule has 0 aliphatic heterocycles. The summed E-state index contributed by atoms with van der Waals surface area (Å²) in [5.74, 6) is 1.75. The van der Waals surface area contributed by atoms with E-state index in [9.17, 15) is 0 Å². The van der Waals surface area contributed by atoms with Crippen molar-refractivity contribution in [1.82, 2.24) is 9.38 Å². The Hall–Kier alpha value is -1.22. The molecule has 2 heterocycles. The topological polar surface area (TPSA) is 29.3 Å². The standard InChI is InChI=1S/C13H16ClN3/c14-10-13(6-1-2-7-13)16-12-5-3-4-11-15-8-9-17(11)12/h3-5,8-9,16H,1-2,6-7,10H2. The SMILES string of the molecule is ClCC1(Nc2cccc3nccn23)CCCC1. The number of rotatable bonds is 3. The van der Waals surface area contributed by atoms with Gasteiger partial charge in [0.15, 0.2) is 0 Å². The van der Waals surface area contributed by atoms with E-state index in [1.165, 1.54) is 12.8 Å². The van der Waals surface area contributed by atoms with Crippen LogP contribution in [0.4, 0.5) is 5.82 Å². The summed E-state index contributed by atoms with van der Waals surface area (Å²) in [7, 11) is 0. The highest BCUT2D eigenvalue weighted by Crippen LogP contribution is 2.34. The molecule has 1 saturated carbocycles. The van der Waals surface area contributed by atoms with E-state index in [0.717, 1.165) is 24.3 Å². The van der Waals surface area contributed by atoms with Crippen molar-refractivity contribution in [3.63, 3.8) is 0 Å². The lowest BCUT2D eigenvalue weighted by Crippen LogP contribution is -2.37. The summed E-state index contributed by atoms with van der Waals surface area (Å²) >= 11 is 6.15. The van der Waals surface area contributed by atoms with Gasteiger partial charge in [-0.15, -0.1) is 11.6 Å². The zero-order chi connectivity index (χ0) is 11.7. The molecule has 0 amide bonds. The lowest BCUT2D eigenvalue weighted by atomic mass is 10.0. The van der Waals surface area contributed by atoms with Crippen LogP contribution < -0.4 is 5.32 Å². The van der Waals surface area contributed by atoms with Gasteiger partial charge in [-0.3, -0.25) is 4.40 Å². The summed E-state index contributed by atoms with van der Waals surface area (Å²) in [5, 5.41) is 3.62. The van der Waals surface area contributed by atoms with Crippen molar-refractivity contribution in [3.05, 3.63) is 30.6 Å². The number of imidazole rings is 1. The van der Waals surface area contributed by atoms with Crippen LogP contribution in [0.5, 0.6) is 0 Å². The van der Waals surface area contributed by atoms with Crippen molar-refractivity contribution in [2.45, 2.75) is 31.2 Å². The third-order valence-corrected chi connectivity index (χ3v) is 4.15. The number of nitrogens with zero attached hydrogens (tertiary/aromatic N) is 2. The maximum Gasteiger partial charge on any atom is 0.138 e. The Balaban J connectivity index is 1.96. The van der Waals surface area contributed by atoms with Crippen LogP contribution in [0.2, 0.25) is 0 Å². The van der Waals surface area contributed by atoms with Crippen molar-refractivity contribution in [1.29, 1.82) is 0 Å². The Morgan fingerprint density at radius 2 is 2.18 bits per heavy atom. The minimum atomic E-state index is 0.0696. The molecule has 17 heavy (non-hydrogen) atoms. The smallest absolute Gasteiger partial charge is 0.138 e. The second-order valence-corrected chi connectivity index (χ2v) is 5.08. The minimum absolute atomic E-state index is 0.0696. The fraction of sp³-hybridized carbons (Fsp3) is 0.462. The van der Waals surface area contributed by atoms with E-state index in [0.29, 0.717) is 5.88 Å². The molecule has 0 radical (unpaired) electrons. The molecule has 3 nitrogen and oxygen atoms in total. The summed E-state index contributed by atoms with van der Waals surface area (Å²) in [6.07, 6.45) is 8.64. The maximum absolute atomic E-state index is 6.15. The fourth-order valence-corrected chi connectivity index (χ4v) is 3.00. The van der Waals surface area contributed by atoms with Gasteiger partial charge < -0.3 is 5.32 Å². The van der Waals surface area contributed by atoms with Gasteiger partial charge in [0.25, 0.3) is 0 Å². The first kappa shape index (κ1) is 10.9. The highest BCUT2D eigenvalue weighted by molar-refractivity contribution is 6.18. The highest BCUT2D eigenvalue weighted by atomic mass is 35.5. The van der Waals surface area contributed by atoms with Crippen LogP contribution in [0.1, 0.15) is 25.7 Å². The van der Waals surface area contributed by atoms with Gasteiger partial charge in [0, 0.05) is 18.3 Å². The Bertz CT molecular complexity index is 514. The van der Waals surface area contributed by atoms with Gasteiger partial charge in [0.2, 0.25) is 0 Å². The zero-order valence-corrected chi connectivity index (χ0v) is 10.5.